The smallest absolute Gasteiger partial charge is 0.228 e. The summed E-state index contributed by atoms with van der Waals surface area (Å²) in [7, 11) is 1.82. The second kappa shape index (κ2) is 9.24. The number of halogens is 2. The summed E-state index contributed by atoms with van der Waals surface area (Å²) in [6.07, 6.45) is 2.95. The molecule has 2 fully saturated rings. The minimum absolute atomic E-state index is 0. The topological polar surface area (TPSA) is 75.8 Å². The third kappa shape index (κ3) is 4.67. The van der Waals surface area contributed by atoms with Crippen molar-refractivity contribution in [3.8, 4) is 11.4 Å². The van der Waals surface area contributed by atoms with Gasteiger partial charge in [0, 0.05) is 55.7 Å². The van der Waals surface area contributed by atoms with Crippen LogP contribution in [0, 0.1) is 5.41 Å². The van der Waals surface area contributed by atoms with Gasteiger partial charge in [-0.2, -0.15) is 4.98 Å². The van der Waals surface area contributed by atoms with E-state index in [-0.39, 0.29) is 17.0 Å². The van der Waals surface area contributed by atoms with Crippen LogP contribution in [0.25, 0.3) is 11.4 Å². The zero-order chi connectivity index (χ0) is 18.7. The van der Waals surface area contributed by atoms with Crippen LogP contribution >= 0.6 is 28.6 Å². The summed E-state index contributed by atoms with van der Waals surface area (Å²) >= 11 is 6.02. The Bertz CT molecular complexity index is 822. The monoisotopic (exact) mass is 469 g/mol. The van der Waals surface area contributed by atoms with Crippen LogP contribution in [0.15, 0.2) is 33.8 Å². The number of benzene rings is 1. The highest BCUT2D eigenvalue weighted by Crippen LogP contribution is 2.38. The molecule has 0 bridgehead atoms. The van der Waals surface area contributed by atoms with E-state index in [1.54, 1.807) is 0 Å². The van der Waals surface area contributed by atoms with Crippen molar-refractivity contribution in [2.45, 2.75) is 19.3 Å². The van der Waals surface area contributed by atoms with E-state index in [2.05, 4.69) is 25.3 Å². The Kier molecular flexibility index (Phi) is 6.95. The Hall–Kier alpha value is -1.64. The predicted molar refractivity (Wildman–Crippen MR) is 114 cm³/mol. The molecule has 1 spiro atoms. The van der Waals surface area contributed by atoms with Crippen molar-refractivity contribution in [3.05, 3.63) is 35.2 Å². The summed E-state index contributed by atoms with van der Waals surface area (Å²) in [5.74, 6) is 2.07. The third-order valence-electron chi connectivity index (χ3n) is 5.31. The van der Waals surface area contributed by atoms with Gasteiger partial charge in [0.05, 0.1) is 6.61 Å². The van der Waals surface area contributed by atoms with Gasteiger partial charge in [0.25, 0.3) is 0 Å². The van der Waals surface area contributed by atoms with Crippen molar-refractivity contribution in [1.82, 2.24) is 20.4 Å². The highest BCUT2D eigenvalue weighted by atomic mass is 79.9. The largest absolute Gasteiger partial charge is 0.381 e. The molecular weight excluding hydrogens is 446 g/mol. The van der Waals surface area contributed by atoms with Crippen LogP contribution in [0.2, 0.25) is 5.02 Å². The first-order chi connectivity index (χ1) is 13.2. The van der Waals surface area contributed by atoms with E-state index in [9.17, 15) is 0 Å². The van der Waals surface area contributed by atoms with Gasteiger partial charge in [-0.3, -0.25) is 4.99 Å². The van der Waals surface area contributed by atoms with Crippen molar-refractivity contribution < 1.29 is 9.26 Å². The molecule has 0 saturated carbocycles. The van der Waals surface area contributed by atoms with Crippen LogP contribution in [-0.2, 0) is 11.2 Å². The first kappa shape index (κ1) is 21.1. The standard InChI is InChI=1S/C19H24ClN5O2.BrH/c1-21-18(25-9-6-19(12-25)7-10-26-13-19)22-8-5-16-23-17(24-27-16)14-3-2-4-15(20)11-14;/h2-4,11H,5-10,12-13H2,1H3,(H,21,22);1H. The van der Waals surface area contributed by atoms with Crippen LogP contribution < -0.4 is 5.32 Å². The van der Waals surface area contributed by atoms with Crippen LogP contribution in [0.3, 0.4) is 0 Å². The second-order valence-corrected chi connectivity index (χ2v) is 7.66. The first-order valence-electron chi connectivity index (χ1n) is 9.29. The minimum Gasteiger partial charge on any atom is -0.381 e. The summed E-state index contributed by atoms with van der Waals surface area (Å²) < 4.78 is 11.0. The lowest BCUT2D eigenvalue weighted by molar-refractivity contribution is 0.156. The predicted octanol–water partition coefficient (Wildman–Crippen LogP) is 3.20. The molecule has 28 heavy (non-hydrogen) atoms. The fourth-order valence-corrected chi connectivity index (χ4v) is 3.99. The molecule has 0 radical (unpaired) electrons. The van der Waals surface area contributed by atoms with Crippen molar-refractivity contribution in [2.24, 2.45) is 10.4 Å². The number of rotatable bonds is 4. The third-order valence-corrected chi connectivity index (χ3v) is 5.54. The molecule has 1 unspecified atom stereocenters. The second-order valence-electron chi connectivity index (χ2n) is 7.22. The molecule has 1 aromatic heterocycles. The lowest BCUT2D eigenvalue weighted by Gasteiger charge is -2.24. The van der Waals surface area contributed by atoms with E-state index >= 15 is 0 Å². The number of aliphatic imine (C=N–C) groups is 1. The molecule has 2 aromatic rings. The number of likely N-dealkylation sites (tertiary alicyclic amines) is 1. The number of nitrogens with one attached hydrogen (secondary N) is 1. The molecule has 2 saturated heterocycles. The maximum atomic E-state index is 6.02. The Balaban J connectivity index is 0.00000225. The number of aromatic nitrogens is 2. The maximum Gasteiger partial charge on any atom is 0.228 e. The number of hydrogen-bond acceptors (Lipinski definition) is 5. The van der Waals surface area contributed by atoms with Gasteiger partial charge < -0.3 is 19.5 Å². The highest BCUT2D eigenvalue weighted by Gasteiger charge is 2.42. The number of guanidine groups is 1. The number of nitrogens with zero attached hydrogens (tertiary/aromatic N) is 4. The molecule has 1 aromatic carbocycles. The van der Waals surface area contributed by atoms with Gasteiger partial charge in [0.2, 0.25) is 11.7 Å². The van der Waals surface area contributed by atoms with Gasteiger partial charge in [-0.05, 0) is 25.0 Å². The molecule has 1 N–H and O–H groups in total. The van der Waals surface area contributed by atoms with Crippen molar-refractivity contribution in [2.75, 3.05) is 39.9 Å². The normalized spacial score (nSPS) is 21.9. The average Bonchev–Trinajstić information content (AvgIpc) is 3.41. The molecule has 2 aliphatic heterocycles. The van der Waals surface area contributed by atoms with Gasteiger partial charge >= 0.3 is 0 Å². The molecule has 4 rings (SSSR count). The van der Waals surface area contributed by atoms with Crippen molar-refractivity contribution >= 4 is 34.5 Å². The average molecular weight is 471 g/mol. The van der Waals surface area contributed by atoms with Crippen molar-refractivity contribution in [1.29, 1.82) is 0 Å². The van der Waals surface area contributed by atoms with E-state index in [0.717, 1.165) is 44.2 Å². The molecule has 0 aliphatic carbocycles. The summed E-state index contributed by atoms with van der Waals surface area (Å²) in [5, 5.41) is 8.11. The highest BCUT2D eigenvalue weighted by molar-refractivity contribution is 8.93. The fraction of sp³-hybridized carbons (Fsp3) is 0.526. The van der Waals surface area contributed by atoms with Gasteiger partial charge in [-0.1, -0.05) is 28.9 Å². The first-order valence-corrected chi connectivity index (χ1v) is 9.67. The van der Waals surface area contributed by atoms with E-state index in [1.807, 2.05) is 31.3 Å². The quantitative estimate of drug-likeness (QED) is 0.546. The van der Waals surface area contributed by atoms with Gasteiger partial charge in [-0.25, -0.2) is 0 Å². The Morgan fingerprint density at radius 2 is 2.29 bits per heavy atom. The van der Waals surface area contributed by atoms with Crippen LogP contribution in [0.4, 0.5) is 0 Å². The van der Waals surface area contributed by atoms with Crippen LogP contribution in [0.5, 0.6) is 0 Å². The molecule has 152 valence electrons. The van der Waals surface area contributed by atoms with Gasteiger partial charge in [0.1, 0.15) is 0 Å². The molecule has 2 aliphatic rings. The summed E-state index contributed by atoms with van der Waals surface area (Å²) in [6, 6.07) is 7.43. The SMILES string of the molecule is Br.CN=C(NCCc1nc(-c2cccc(Cl)c2)no1)N1CCC2(CCOC2)C1. The molecular formula is C19H25BrClN5O2. The van der Waals surface area contributed by atoms with E-state index < -0.39 is 0 Å². The van der Waals surface area contributed by atoms with Crippen LogP contribution in [0.1, 0.15) is 18.7 Å². The molecule has 0 amide bonds. The molecule has 9 heteroatoms. The zero-order valence-electron chi connectivity index (χ0n) is 15.9. The lowest BCUT2D eigenvalue weighted by atomic mass is 9.87. The van der Waals surface area contributed by atoms with Gasteiger partial charge in [0.15, 0.2) is 5.96 Å². The summed E-state index contributed by atoms with van der Waals surface area (Å²) in [5.41, 5.74) is 1.16. The Labute approximate surface area is 180 Å². The molecule has 3 heterocycles. The van der Waals surface area contributed by atoms with E-state index in [4.69, 9.17) is 20.9 Å². The summed E-state index contributed by atoms with van der Waals surface area (Å²) in [6.45, 7) is 4.46. The summed E-state index contributed by atoms with van der Waals surface area (Å²) in [4.78, 5) is 11.2. The number of ether oxygens (including phenoxy) is 1. The van der Waals surface area contributed by atoms with Gasteiger partial charge in [-0.15, -0.1) is 17.0 Å². The Morgan fingerprint density at radius 3 is 3.04 bits per heavy atom. The molecule has 1 atom stereocenters. The fourth-order valence-electron chi connectivity index (χ4n) is 3.80. The zero-order valence-corrected chi connectivity index (χ0v) is 18.3. The molecule has 7 nitrogen and oxygen atoms in total. The van der Waals surface area contributed by atoms with Crippen molar-refractivity contribution in [3.63, 3.8) is 0 Å². The maximum absolute atomic E-state index is 6.02. The van der Waals surface area contributed by atoms with E-state index in [1.165, 1.54) is 6.42 Å². The Morgan fingerprint density at radius 1 is 1.39 bits per heavy atom. The lowest BCUT2D eigenvalue weighted by Crippen LogP contribution is -2.42. The number of hydrogen-bond donors (Lipinski definition) is 1. The van der Waals surface area contributed by atoms with E-state index in [0.29, 0.717) is 35.1 Å². The minimum atomic E-state index is 0. The van der Waals surface area contributed by atoms with Crippen LogP contribution in [-0.4, -0.2) is 60.9 Å².